The SMILES string of the molecule is CCS(=O)(=O)N1[C@@H]2CCC[C@H]1CC(N(C)c1nc(CO)c(F)c(Nc3cc(C)[nH]n3)n1)C2.CCS(=O)(=O)N1[C@@H]2CCC[C@H]1CC(N(C)c1nc(COC(=O)C3CCOCC3)c(F)c(Nc3cc(C)[nH]n3)n1)C2.O=C(O)C1CCOCC1. The van der Waals surface area contributed by atoms with Crippen LogP contribution in [0.5, 0.6) is 0 Å². The van der Waals surface area contributed by atoms with Crippen molar-refractivity contribution in [2.45, 2.75) is 167 Å². The van der Waals surface area contributed by atoms with Crippen LogP contribution in [0.25, 0.3) is 0 Å². The van der Waals surface area contributed by atoms with Crippen molar-refractivity contribution < 1.29 is 59.6 Å². The normalized spacial score (nSPS) is 23.7. The van der Waals surface area contributed by atoms with Gasteiger partial charge in [-0.15, -0.1) is 0 Å². The van der Waals surface area contributed by atoms with Gasteiger partial charge in [0.2, 0.25) is 31.9 Å². The Labute approximate surface area is 471 Å². The fourth-order valence-corrected chi connectivity index (χ4v) is 14.9. The van der Waals surface area contributed by atoms with Gasteiger partial charge in [0.15, 0.2) is 34.9 Å². The average Bonchev–Trinajstić information content (AvgIpc) is 4.17. The molecule has 4 aromatic heterocycles. The third kappa shape index (κ3) is 14.9. The van der Waals surface area contributed by atoms with E-state index in [1.807, 2.05) is 37.7 Å². The van der Waals surface area contributed by atoms with Crippen LogP contribution in [0.3, 0.4) is 0 Å². The van der Waals surface area contributed by atoms with Gasteiger partial charge >= 0.3 is 11.9 Å². The first-order chi connectivity index (χ1) is 38.7. The molecule has 6 aliphatic heterocycles. The molecule has 448 valence electrons. The Balaban J connectivity index is 0.000000187. The number of aliphatic hydroxyl groups excluding tert-OH is 1. The number of ether oxygens (including phenoxy) is 3. The van der Waals surface area contributed by atoms with Crippen LogP contribution in [0.2, 0.25) is 0 Å². The number of H-pyrrole nitrogens is 2. The van der Waals surface area contributed by atoms with Gasteiger partial charge in [-0.3, -0.25) is 19.8 Å². The minimum Gasteiger partial charge on any atom is -0.481 e. The standard InChI is InChI=1S/C26H38FN7O5S.C20H30FN7O3S.C6H10O3/c1-4-40(36,37)34-18-6-5-7-19(34)14-20(13-18)33(3)26-28-21(15-39-25(35)17-8-10-38-11-9-17)23(27)24(30-26)29-22-12-16(2)31-32-22;1-4-32(30,31)28-13-6-5-7-14(28)10-15(9-13)27(3)20-22-16(11-29)18(21)19(24-20)23-17-8-12(2)25-26-17;7-6(8)5-1-3-9-4-2-5/h12,17-20H,4-11,13-15H2,1-3H3,(H2,28,29,30,31,32);8,13-15,29H,4-7,9-11H2,1-3H3,(H2,22,23,24,25,26);5H,1-4H2,(H,7,8)/t18-,19+,20?;13-,14+,15?;. The summed E-state index contributed by atoms with van der Waals surface area (Å²) in [6.45, 7) is 8.32. The van der Waals surface area contributed by atoms with Gasteiger partial charge in [0.05, 0.1) is 29.9 Å². The number of hydrogen-bond acceptors (Lipinski definition) is 20. The van der Waals surface area contributed by atoms with Crippen molar-refractivity contribution in [3.63, 3.8) is 0 Å². The largest absolute Gasteiger partial charge is 0.481 e. The number of piperidine rings is 4. The van der Waals surface area contributed by atoms with E-state index < -0.39 is 50.2 Å². The van der Waals surface area contributed by atoms with Crippen molar-refractivity contribution in [3.05, 3.63) is 46.5 Å². The summed E-state index contributed by atoms with van der Waals surface area (Å²) in [6, 6.07) is 3.12. The lowest BCUT2D eigenvalue weighted by atomic mass is 9.83. The number of nitrogens with one attached hydrogen (secondary N) is 4. The number of hydrogen-bond donors (Lipinski definition) is 6. The Morgan fingerprint density at radius 3 is 1.42 bits per heavy atom. The predicted octanol–water partition coefficient (Wildman–Crippen LogP) is 5.58. The molecule has 0 amide bonds. The highest BCUT2D eigenvalue weighted by Gasteiger charge is 2.47. The van der Waals surface area contributed by atoms with Crippen LogP contribution < -0.4 is 20.4 Å². The summed E-state index contributed by atoms with van der Waals surface area (Å²) in [5.41, 5.74) is 1.45. The number of halogens is 2. The molecular formula is C52H78F2N14O11S2. The van der Waals surface area contributed by atoms with E-state index in [9.17, 15) is 35.9 Å². The highest BCUT2D eigenvalue weighted by Crippen LogP contribution is 2.41. The molecule has 6 N–H and O–H groups in total. The Morgan fingerprint density at radius 2 is 1.06 bits per heavy atom. The second-order valence-electron chi connectivity index (χ2n) is 21.7. The van der Waals surface area contributed by atoms with E-state index in [-0.39, 0.29) is 101 Å². The van der Waals surface area contributed by atoms with E-state index >= 15 is 4.39 Å². The molecule has 6 fully saturated rings. The molecule has 6 atom stereocenters. The molecule has 0 saturated carbocycles. The number of nitrogens with zero attached hydrogens (tertiary/aromatic N) is 10. The summed E-state index contributed by atoms with van der Waals surface area (Å²) >= 11 is 0. The maximum absolute atomic E-state index is 15.6. The molecular weight excluding hydrogens is 1100 g/mol. The molecule has 81 heavy (non-hydrogen) atoms. The van der Waals surface area contributed by atoms with E-state index in [1.165, 1.54) is 0 Å². The zero-order valence-corrected chi connectivity index (χ0v) is 48.6. The number of fused-ring (bicyclic) bond motifs is 4. The van der Waals surface area contributed by atoms with Gasteiger partial charge in [-0.1, -0.05) is 12.8 Å². The summed E-state index contributed by atoms with van der Waals surface area (Å²) in [5.74, 6) is -1.59. The fourth-order valence-electron chi connectivity index (χ4n) is 11.8. The number of aromatic nitrogens is 8. The Hall–Kier alpha value is -5.72. The van der Waals surface area contributed by atoms with Gasteiger partial charge in [0.25, 0.3) is 0 Å². The van der Waals surface area contributed by atoms with Crippen molar-refractivity contribution in [2.75, 3.05) is 72.5 Å². The number of aromatic amines is 2. The lowest BCUT2D eigenvalue weighted by Crippen LogP contribution is -2.58. The van der Waals surface area contributed by atoms with Crippen LogP contribution >= 0.6 is 0 Å². The molecule has 0 aliphatic carbocycles. The van der Waals surface area contributed by atoms with Crippen LogP contribution in [0.1, 0.15) is 127 Å². The fraction of sp³-hybridized carbons (Fsp3) is 0.692. The lowest BCUT2D eigenvalue weighted by molar-refractivity contribution is -0.153. The second-order valence-corrected chi connectivity index (χ2v) is 26.0. The van der Waals surface area contributed by atoms with Gasteiger partial charge in [-0.25, -0.2) is 35.6 Å². The highest BCUT2D eigenvalue weighted by molar-refractivity contribution is 7.89. The number of aliphatic hydroxyl groups is 1. The molecule has 29 heteroatoms. The molecule has 0 radical (unpaired) electrons. The highest BCUT2D eigenvalue weighted by atomic mass is 32.2. The van der Waals surface area contributed by atoms with Crippen LogP contribution in [0.15, 0.2) is 12.1 Å². The molecule has 10 rings (SSSR count). The number of aryl methyl sites for hydroxylation is 2. The first kappa shape index (κ1) is 61.4. The maximum atomic E-state index is 15.6. The number of aliphatic carboxylic acids is 1. The third-order valence-corrected chi connectivity index (χ3v) is 20.1. The quantitative estimate of drug-likeness (QED) is 0.0702. The zero-order valence-electron chi connectivity index (χ0n) is 46.9. The van der Waals surface area contributed by atoms with Crippen LogP contribution in [-0.2, 0) is 57.1 Å². The second kappa shape index (κ2) is 27.1. The third-order valence-electron chi connectivity index (χ3n) is 16.2. The van der Waals surface area contributed by atoms with Gasteiger partial charge in [0.1, 0.15) is 18.0 Å². The minimum atomic E-state index is -3.31. The van der Waals surface area contributed by atoms with Gasteiger partial charge in [-0.05, 0) is 105 Å². The maximum Gasteiger partial charge on any atom is 0.309 e. The summed E-state index contributed by atoms with van der Waals surface area (Å²) in [6.07, 6.45) is 10.3. The van der Waals surface area contributed by atoms with E-state index in [4.69, 9.17) is 19.3 Å². The number of sulfonamides is 2. The van der Waals surface area contributed by atoms with Gasteiger partial charge in [0, 0.05) is 100 Å². The number of rotatable bonds is 17. The number of carbonyl (C=O) groups excluding carboxylic acids is 1. The van der Waals surface area contributed by atoms with Crippen molar-refractivity contribution >= 4 is 67.2 Å². The van der Waals surface area contributed by atoms with Crippen molar-refractivity contribution in [3.8, 4) is 0 Å². The molecule has 4 bridgehead atoms. The van der Waals surface area contributed by atoms with E-state index in [0.29, 0.717) is 89.4 Å². The molecule has 25 nitrogen and oxygen atoms in total. The summed E-state index contributed by atoms with van der Waals surface area (Å²) < 4.78 is 101. The average molecular weight is 1180 g/mol. The number of carboxylic acids is 1. The molecule has 10 heterocycles. The monoisotopic (exact) mass is 1180 g/mol. The summed E-state index contributed by atoms with van der Waals surface area (Å²) in [7, 11) is -2.90. The summed E-state index contributed by atoms with van der Waals surface area (Å²) in [4.78, 5) is 44.3. The summed E-state index contributed by atoms with van der Waals surface area (Å²) in [5, 5.41) is 37.6. The van der Waals surface area contributed by atoms with Gasteiger partial charge in [-0.2, -0.15) is 28.8 Å². The number of carbonyl (C=O) groups is 2. The Morgan fingerprint density at radius 1 is 0.667 bits per heavy atom. The first-order valence-electron chi connectivity index (χ1n) is 28.0. The Bertz CT molecular complexity index is 2990. The van der Waals surface area contributed by atoms with E-state index in [1.54, 1.807) is 34.6 Å². The lowest BCUT2D eigenvalue weighted by Gasteiger charge is -2.49. The van der Waals surface area contributed by atoms with Crippen LogP contribution in [0.4, 0.5) is 43.9 Å². The van der Waals surface area contributed by atoms with E-state index in [0.717, 1.165) is 49.9 Å². The molecule has 0 aromatic carbocycles. The molecule has 0 spiro atoms. The molecule has 6 saturated heterocycles. The van der Waals surface area contributed by atoms with Crippen molar-refractivity contribution in [1.29, 1.82) is 0 Å². The zero-order chi connectivity index (χ0) is 58.2. The molecule has 6 aliphatic rings. The minimum absolute atomic E-state index is 0.00564. The topological polar surface area (TPSA) is 317 Å². The smallest absolute Gasteiger partial charge is 0.309 e. The van der Waals surface area contributed by atoms with Crippen molar-refractivity contribution in [2.24, 2.45) is 11.8 Å². The van der Waals surface area contributed by atoms with Crippen LogP contribution in [0, 0.1) is 37.3 Å². The Kier molecular flexibility index (Phi) is 20.5. The van der Waals surface area contributed by atoms with Gasteiger partial charge < -0.3 is 44.9 Å². The van der Waals surface area contributed by atoms with E-state index in [2.05, 4.69) is 51.0 Å². The van der Waals surface area contributed by atoms with Crippen molar-refractivity contribution in [1.82, 2.24) is 48.9 Å². The number of carboxylic acid groups (broad SMARTS) is 1. The first-order valence-corrected chi connectivity index (χ1v) is 31.3. The van der Waals surface area contributed by atoms with Crippen LogP contribution in [-0.4, -0.2) is 176 Å². The number of esters is 1. The predicted molar refractivity (Wildman–Crippen MR) is 296 cm³/mol. The molecule has 2 unspecified atom stereocenters. The number of anilines is 6. The molecule has 4 aromatic rings.